The Hall–Kier alpha value is -1.66. The van der Waals surface area contributed by atoms with Gasteiger partial charge in [0.2, 0.25) is 5.95 Å². The summed E-state index contributed by atoms with van der Waals surface area (Å²) >= 11 is 0. The first-order chi connectivity index (χ1) is 9.76. The molecule has 108 valence electrons. The molecule has 20 heavy (non-hydrogen) atoms. The number of aliphatic hydroxyl groups is 1. The monoisotopic (exact) mass is 275 g/mol. The summed E-state index contributed by atoms with van der Waals surface area (Å²) in [6.07, 6.45) is 4.36. The van der Waals surface area contributed by atoms with Crippen LogP contribution < -0.4 is 10.2 Å². The smallest absolute Gasteiger partial charge is 0.245 e. The van der Waals surface area contributed by atoms with Gasteiger partial charge in [0.25, 0.3) is 0 Å². The third kappa shape index (κ3) is 2.76. The van der Waals surface area contributed by atoms with Crippen LogP contribution >= 0.6 is 0 Å². The molecular weight excluding hydrogens is 254 g/mol. The molecule has 0 bridgehead atoms. The van der Waals surface area contributed by atoms with Gasteiger partial charge in [0.05, 0.1) is 6.61 Å². The molecule has 1 fully saturated rings. The van der Waals surface area contributed by atoms with Gasteiger partial charge in [0.1, 0.15) is 0 Å². The number of pyridine rings is 1. The van der Waals surface area contributed by atoms with Crippen LogP contribution in [0, 0.1) is 6.92 Å². The predicted octanol–water partition coefficient (Wildman–Crippen LogP) is 0.588. The van der Waals surface area contributed by atoms with Crippen molar-refractivity contribution in [1.82, 2.24) is 19.9 Å². The minimum absolute atomic E-state index is 0.112. The van der Waals surface area contributed by atoms with Crippen LogP contribution in [0.1, 0.15) is 18.4 Å². The Labute approximate surface area is 118 Å². The standard InChI is InChI=1S/C14H21N5O/c1-11-4-5-13-16-14(17-19(13)9-11)18(7-8-20)10-12-3-2-6-15-12/h4-5,9,12,15,20H,2-3,6-8,10H2,1H3. The number of aryl methyl sites for hydroxylation is 1. The Kier molecular flexibility index (Phi) is 3.84. The van der Waals surface area contributed by atoms with Crippen LogP contribution in [0.3, 0.4) is 0 Å². The number of hydrogen-bond donors (Lipinski definition) is 2. The van der Waals surface area contributed by atoms with E-state index < -0.39 is 0 Å². The van der Waals surface area contributed by atoms with Crippen LogP contribution in [-0.2, 0) is 0 Å². The van der Waals surface area contributed by atoms with Crippen LogP contribution in [-0.4, -0.2) is 52.0 Å². The molecule has 6 nitrogen and oxygen atoms in total. The largest absolute Gasteiger partial charge is 0.395 e. The van der Waals surface area contributed by atoms with Crippen molar-refractivity contribution >= 4 is 11.6 Å². The van der Waals surface area contributed by atoms with Crippen molar-refractivity contribution in [2.75, 3.05) is 31.1 Å². The lowest BCUT2D eigenvalue weighted by Crippen LogP contribution is -2.39. The quantitative estimate of drug-likeness (QED) is 0.836. The third-order valence-electron chi connectivity index (χ3n) is 3.72. The van der Waals surface area contributed by atoms with Crippen LogP contribution in [0.25, 0.3) is 5.65 Å². The number of hydrogen-bond acceptors (Lipinski definition) is 5. The van der Waals surface area contributed by atoms with E-state index in [-0.39, 0.29) is 6.61 Å². The summed E-state index contributed by atoms with van der Waals surface area (Å²) in [5, 5.41) is 17.3. The molecule has 0 aliphatic carbocycles. The Balaban J connectivity index is 1.83. The maximum Gasteiger partial charge on any atom is 0.245 e. The van der Waals surface area contributed by atoms with E-state index in [1.807, 2.05) is 25.3 Å². The summed E-state index contributed by atoms with van der Waals surface area (Å²) in [5.74, 6) is 0.693. The van der Waals surface area contributed by atoms with Crippen LogP contribution in [0.15, 0.2) is 18.3 Å². The van der Waals surface area contributed by atoms with Gasteiger partial charge in [-0.15, -0.1) is 5.10 Å². The Bertz CT molecular complexity index is 576. The van der Waals surface area contributed by atoms with Gasteiger partial charge in [0.15, 0.2) is 5.65 Å². The van der Waals surface area contributed by atoms with E-state index in [0.717, 1.165) is 24.3 Å². The number of nitrogens with one attached hydrogen (secondary N) is 1. The fourth-order valence-electron chi connectivity index (χ4n) is 2.68. The Morgan fingerprint density at radius 2 is 2.40 bits per heavy atom. The average Bonchev–Trinajstić information content (AvgIpc) is 3.06. The first kappa shape index (κ1) is 13.3. The second kappa shape index (κ2) is 5.76. The lowest BCUT2D eigenvalue weighted by atomic mass is 10.2. The molecule has 3 heterocycles. The Morgan fingerprint density at radius 1 is 1.50 bits per heavy atom. The average molecular weight is 275 g/mol. The molecule has 2 aromatic rings. The van der Waals surface area contributed by atoms with Gasteiger partial charge >= 0.3 is 0 Å². The molecule has 2 aromatic heterocycles. The van der Waals surface area contributed by atoms with E-state index in [2.05, 4.69) is 20.3 Å². The second-order valence-electron chi connectivity index (χ2n) is 5.38. The number of aliphatic hydroxyl groups excluding tert-OH is 1. The highest BCUT2D eigenvalue weighted by atomic mass is 16.3. The SMILES string of the molecule is Cc1ccc2nc(N(CCO)CC3CCCN3)nn2c1. The van der Waals surface area contributed by atoms with Gasteiger partial charge in [-0.05, 0) is 37.9 Å². The van der Waals surface area contributed by atoms with Crippen molar-refractivity contribution < 1.29 is 5.11 Å². The van der Waals surface area contributed by atoms with E-state index in [4.69, 9.17) is 0 Å². The van der Waals surface area contributed by atoms with Crippen molar-refractivity contribution in [3.8, 4) is 0 Å². The van der Waals surface area contributed by atoms with Crippen molar-refractivity contribution in [3.05, 3.63) is 23.9 Å². The highest BCUT2D eigenvalue weighted by molar-refractivity contribution is 5.45. The second-order valence-corrected chi connectivity index (χ2v) is 5.38. The van der Waals surface area contributed by atoms with Gasteiger partial charge < -0.3 is 15.3 Å². The van der Waals surface area contributed by atoms with Gasteiger partial charge in [-0.2, -0.15) is 4.98 Å². The van der Waals surface area contributed by atoms with E-state index >= 15 is 0 Å². The molecule has 1 aliphatic heterocycles. The third-order valence-corrected chi connectivity index (χ3v) is 3.72. The summed E-state index contributed by atoms with van der Waals surface area (Å²) in [4.78, 5) is 6.61. The number of aromatic nitrogens is 3. The molecular formula is C14H21N5O. The van der Waals surface area contributed by atoms with Crippen molar-refractivity contribution in [2.24, 2.45) is 0 Å². The number of fused-ring (bicyclic) bond motifs is 1. The molecule has 2 N–H and O–H groups in total. The molecule has 0 saturated carbocycles. The summed E-state index contributed by atoms with van der Waals surface area (Å²) in [5.41, 5.74) is 1.99. The molecule has 1 aliphatic rings. The van der Waals surface area contributed by atoms with E-state index in [1.165, 1.54) is 12.8 Å². The first-order valence-electron chi connectivity index (χ1n) is 7.18. The van der Waals surface area contributed by atoms with Gasteiger partial charge in [-0.25, -0.2) is 4.52 Å². The van der Waals surface area contributed by atoms with Gasteiger partial charge in [-0.3, -0.25) is 0 Å². The molecule has 0 radical (unpaired) electrons. The fraction of sp³-hybridized carbons (Fsp3) is 0.571. The van der Waals surface area contributed by atoms with Crippen molar-refractivity contribution in [1.29, 1.82) is 0 Å². The highest BCUT2D eigenvalue weighted by Crippen LogP contribution is 2.14. The molecule has 0 aromatic carbocycles. The van der Waals surface area contributed by atoms with Crippen LogP contribution in [0.5, 0.6) is 0 Å². The molecule has 0 amide bonds. The molecule has 1 unspecified atom stereocenters. The lowest BCUT2D eigenvalue weighted by molar-refractivity contribution is 0.299. The van der Waals surface area contributed by atoms with Crippen LogP contribution in [0.2, 0.25) is 0 Å². The lowest BCUT2D eigenvalue weighted by Gasteiger charge is -2.23. The molecule has 3 rings (SSSR count). The van der Waals surface area contributed by atoms with Gasteiger partial charge in [0, 0.05) is 25.3 Å². The Morgan fingerprint density at radius 3 is 3.15 bits per heavy atom. The maximum absolute atomic E-state index is 9.27. The first-order valence-corrected chi connectivity index (χ1v) is 7.18. The summed E-state index contributed by atoms with van der Waals surface area (Å²) in [7, 11) is 0. The maximum atomic E-state index is 9.27. The minimum Gasteiger partial charge on any atom is -0.395 e. The highest BCUT2D eigenvalue weighted by Gasteiger charge is 2.20. The number of anilines is 1. The molecule has 1 saturated heterocycles. The van der Waals surface area contributed by atoms with E-state index in [0.29, 0.717) is 18.5 Å². The molecule has 1 atom stereocenters. The summed E-state index contributed by atoms with van der Waals surface area (Å²) in [6, 6.07) is 4.47. The zero-order chi connectivity index (χ0) is 13.9. The topological polar surface area (TPSA) is 65.7 Å². The zero-order valence-electron chi connectivity index (χ0n) is 11.8. The normalized spacial score (nSPS) is 18.8. The zero-order valence-corrected chi connectivity index (χ0v) is 11.8. The minimum atomic E-state index is 0.112. The van der Waals surface area contributed by atoms with Crippen molar-refractivity contribution in [2.45, 2.75) is 25.8 Å². The van der Waals surface area contributed by atoms with Crippen molar-refractivity contribution in [3.63, 3.8) is 0 Å². The van der Waals surface area contributed by atoms with Gasteiger partial charge in [-0.1, -0.05) is 6.07 Å². The van der Waals surface area contributed by atoms with E-state index in [9.17, 15) is 5.11 Å². The summed E-state index contributed by atoms with van der Waals surface area (Å²) in [6.45, 7) is 4.63. The number of nitrogens with zero attached hydrogens (tertiary/aromatic N) is 4. The summed E-state index contributed by atoms with van der Waals surface area (Å²) < 4.78 is 1.80. The predicted molar refractivity (Wildman–Crippen MR) is 78.0 cm³/mol. The fourth-order valence-corrected chi connectivity index (χ4v) is 2.68. The van der Waals surface area contributed by atoms with Crippen LogP contribution in [0.4, 0.5) is 5.95 Å². The number of rotatable bonds is 5. The molecule has 6 heteroatoms. The molecule has 0 spiro atoms. The van der Waals surface area contributed by atoms with E-state index in [1.54, 1.807) is 4.52 Å².